The van der Waals surface area contributed by atoms with E-state index >= 15 is 0 Å². The van der Waals surface area contributed by atoms with E-state index in [0.29, 0.717) is 0 Å². The molecule has 0 saturated heterocycles. The zero-order valence-electron chi connectivity index (χ0n) is 11.9. The van der Waals surface area contributed by atoms with Crippen molar-refractivity contribution in [2.45, 2.75) is 58.3 Å². The van der Waals surface area contributed by atoms with Crippen molar-refractivity contribution in [2.75, 3.05) is 0 Å². The molecular weight excluding hydrogens is 427 g/mol. The van der Waals surface area contributed by atoms with E-state index in [1.165, 1.54) is 25.7 Å². The van der Waals surface area contributed by atoms with Gasteiger partial charge in [-0.2, -0.15) is 0 Å². The van der Waals surface area contributed by atoms with Gasteiger partial charge in [-0.3, -0.25) is 5.41 Å². The van der Waals surface area contributed by atoms with Crippen LogP contribution in [0.3, 0.4) is 0 Å². The van der Waals surface area contributed by atoms with E-state index in [4.69, 9.17) is 44.5 Å². The Labute approximate surface area is 143 Å². The Bertz CT molecular complexity index is 347. The van der Waals surface area contributed by atoms with Crippen molar-refractivity contribution in [1.29, 1.82) is 5.41 Å². The van der Waals surface area contributed by atoms with Gasteiger partial charge in [0, 0.05) is 6.92 Å². The van der Waals surface area contributed by atoms with Crippen LogP contribution in [0.4, 0.5) is 0 Å². The van der Waals surface area contributed by atoms with Gasteiger partial charge < -0.3 is 10.0 Å². The third-order valence-electron chi connectivity index (χ3n) is 2.81. The number of halogens is 3. The molecule has 2 N–H and O–H groups in total. The van der Waals surface area contributed by atoms with Crippen molar-refractivity contribution >= 4 is 46.4 Å². The second kappa shape index (κ2) is 13.7. The molecule has 0 radical (unpaired) electrons. The average Bonchev–Trinajstić information content (AvgIpc) is 3.10. The first-order valence-corrected chi connectivity index (χ1v) is 12.9. The van der Waals surface area contributed by atoms with Crippen molar-refractivity contribution < 1.29 is 23.0 Å². The Balaban J connectivity index is 0.000000317. The Kier molecular flexibility index (Phi) is 13.8. The first kappa shape index (κ1) is 21.1. The second-order valence-corrected chi connectivity index (χ2v) is 12.0. The number of oxime groups is 2. The fraction of sp³-hybridized carbons (Fsp3) is 0.750. The molecule has 0 atom stereocenters. The number of hydrogen-bond acceptors (Lipinski definition) is 5. The molecule has 2 fully saturated rings. The van der Waals surface area contributed by atoms with Crippen LogP contribution in [0.1, 0.15) is 58.3 Å². The maximum absolute atomic E-state index is 8.15. The van der Waals surface area contributed by atoms with Crippen LogP contribution in [0.2, 0.25) is 0 Å². The molecule has 0 amide bonds. The summed E-state index contributed by atoms with van der Waals surface area (Å²) >= 11 is -1.66. The van der Waals surface area contributed by atoms with Gasteiger partial charge in [0.25, 0.3) is 0 Å². The molecule has 0 aliphatic heterocycles. The molecule has 9 heteroatoms. The van der Waals surface area contributed by atoms with E-state index in [2.05, 4.69) is 10.3 Å². The van der Waals surface area contributed by atoms with Gasteiger partial charge >= 0.3 is 42.1 Å². The summed E-state index contributed by atoms with van der Waals surface area (Å²) in [6.07, 6.45) is 8.98. The van der Waals surface area contributed by atoms with Gasteiger partial charge in [-0.25, -0.2) is 0 Å². The van der Waals surface area contributed by atoms with Gasteiger partial charge in [0.05, 0.1) is 11.4 Å². The predicted octanol–water partition coefficient (Wildman–Crippen LogP) is 5.39. The Hall–Kier alpha value is 0.103. The van der Waals surface area contributed by atoms with Crippen LogP contribution in [0.5, 0.6) is 0 Å². The van der Waals surface area contributed by atoms with Crippen molar-refractivity contribution in [3.63, 3.8) is 0 Å². The maximum atomic E-state index is 8.15. The minimum atomic E-state index is -1.66. The molecule has 5 nitrogen and oxygen atoms in total. The van der Waals surface area contributed by atoms with Gasteiger partial charge in [0.15, 0.2) is 0 Å². The summed E-state index contributed by atoms with van der Waals surface area (Å²) in [5.41, 5.74) is 2.08. The molecule has 2 aliphatic rings. The van der Waals surface area contributed by atoms with Crippen LogP contribution in [0, 0.1) is 5.41 Å². The van der Waals surface area contributed by atoms with E-state index < -0.39 is 13.0 Å². The third-order valence-corrected chi connectivity index (χ3v) is 2.81. The molecule has 0 aromatic heterocycles. The minimum absolute atomic E-state index is 0.166. The van der Waals surface area contributed by atoms with Gasteiger partial charge in [-0.1, -0.05) is 10.3 Å². The zero-order valence-corrected chi connectivity index (χ0v) is 15.8. The molecule has 126 valence electrons. The summed E-state index contributed by atoms with van der Waals surface area (Å²) in [6, 6.07) is 0. The van der Waals surface area contributed by atoms with E-state index in [9.17, 15) is 0 Å². The fourth-order valence-corrected chi connectivity index (χ4v) is 1.89. The van der Waals surface area contributed by atoms with Crippen LogP contribution < -0.4 is 0 Å². The van der Waals surface area contributed by atoms with E-state index in [0.717, 1.165) is 37.1 Å². The van der Waals surface area contributed by atoms with E-state index in [1.807, 2.05) is 0 Å². The average molecular weight is 449 g/mol. The first-order valence-electron chi connectivity index (χ1n) is 6.58. The molecule has 2 aliphatic carbocycles. The zero-order chi connectivity index (χ0) is 16.1. The van der Waals surface area contributed by atoms with Gasteiger partial charge in [-0.05, 0) is 51.4 Å². The van der Waals surface area contributed by atoms with E-state index in [-0.39, 0.29) is 5.90 Å². The summed E-state index contributed by atoms with van der Waals surface area (Å²) in [7, 11) is 14.8. The Morgan fingerprint density at radius 3 is 1.71 bits per heavy atom. The summed E-state index contributed by atoms with van der Waals surface area (Å²) < 4.78 is 0. The molecule has 21 heavy (non-hydrogen) atoms. The summed E-state index contributed by atoms with van der Waals surface area (Å²) in [5.74, 6) is 0.166. The topological polar surface area (TPSA) is 78.0 Å². The van der Waals surface area contributed by atoms with Crippen LogP contribution in [0.25, 0.3) is 0 Å². The van der Waals surface area contributed by atoms with Gasteiger partial charge in [0.2, 0.25) is 5.90 Å². The summed E-state index contributed by atoms with van der Waals surface area (Å²) in [5, 5.41) is 22.0. The van der Waals surface area contributed by atoms with Crippen molar-refractivity contribution in [1.82, 2.24) is 0 Å². The molecule has 0 spiro atoms. The van der Waals surface area contributed by atoms with Crippen LogP contribution >= 0.6 is 29.1 Å². The number of nitrogens with zero attached hydrogens (tertiary/aromatic N) is 2. The molecule has 0 aromatic carbocycles. The van der Waals surface area contributed by atoms with E-state index in [1.54, 1.807) is 6.92 Å². The normalized spacial score (nSPS) is 17.0. The molecular formula is C12H21Cl3N3O2Rh. The third kappa shape index (κ3) is 14.8. The number of hydrogen-bond donors (Lipinski definition) is 2. The summed E-state index contributed by atoms with van der Waals surface area (Å²) in [4.78, 5) is 4.70. The van der Waals surface area contributed by atoms with Gasteiger partial charge in [0.1, 0.15) is 0 Å². The monoisotopic (exact) mass is 447 g/mol. The number of rotatable bonds is 1. The quantitative estimate of drug-likeness (QED) is 0.186. The Morgan fingerprint density at radius 1 is 1.05 bits per heavy atom. The van der Waals surface area contributed by atoms with Crippen LogP contribution in [-0.4, -0.2) is 22.5 Å². The van der Waals surface area contributed by atoms with Gasteiger partial charge in [-0.15, -0.1) is 0 Å². The summed E-state index contributed by atoms with van der Waals surface area (Å²) in [6.45, 7) is 1.58. The number of nitrogens with one attached hydrogen (secondary N) is 1. The predicted molar refractivity (Wildman–Crippen MR) is 85.6 cm³/mol. The van der Waals surface area contributed by atoms with Crippen molar-refractivity contribution in [3.8, 4) is 0 Å². The van der Waals surface area contributed by atoms with Crippen LogP contribution in [-0.2, 0) is 17.8 Å². The molecule has 2 saturated carbocycles. The molecule has 0 unspecified atom stereocenters. The van der Waals surface area contributed by atoms with Crippen LogP contribution in [0.15, 0.2) is 10.3 Å². The van der Waals surface area contributed by atoms with Crippen molar-refractivity contribution in [3.05, 3.63) is 0 Å². The SMILES string of the molecule is CC(=N)ON=C1CCCC1.ON=C1CCCC1.[Cl][Rh]([Cl])[Cl]. The molecule has 0 heterocycles. The van der Waals surface area contributed by atoms with Crippen molar-refractivity contribution in [2.24, 2.45) is 10.3 Å². The first-order chi connectivity index (χ1) is 9.95. The standard InChI is InChI=1S/C7H12N2O.C5H9NO.3ClH.Rh/c1-6(8)10-9-7-4-2-3-5-7;7-6-5-3-1-2-4-5;;;;/h8H,2-5H2,1H3;7H,1-4H2;3*1H;/q;;;;;+3/p-3. The Morgan fingerprint density at radius 2 is 1.43 bits per heavy atom. The molecule has 0 bridgehead atoms. The molecule has 0 aromatic rings. The second-order valence-electron chi connectivity index (χ2n) is 4.53. The fourth-order valence-electron chi connectivity index (χ4n) is 1.89. The molecule has 2 rings (SSSR count).